The average Bonchev–Trinajstić information content (AvgIpc) is 3.12. The molecule has 0 unspecified atom stereocenters. The summed E-state index contributed by atoms with van der Waals surface area (Å²) in [6.07, 6.45) is 2.71. The number of rotatable bonds is 8. The van der Waals surface area contributed by atoms with Crippen LogP contribution in [0.15, 0.2) is 34.9 Å². The summed E-state index contributed by atoms with van der Waals surface area (Å²) in [5.41, 5.74) is 14.9. The summed E-state index contributed by atoms with van der Waals surface area (Å²) in [5.74, 6) is 0.279. The van der Waals surface area contributed by atoms with E-state index in [1.807, 2.05) is 44.2 Å². The maximum atomic E-state index is 12.5. The van der Waals surface area contributed by atoms with Gasteiger partial charge in [0.1, 0.15) is 28.6 Å². The van der Waals surface area contributed by atoms with E-state index in [0.717, 1.165) is 24.1 Å². The van der Waals surface area contributed by atoms with Crippen molar-refractivity contribution in [2.45, 2.75) is 57.9 Å². The van der Waals surface area contributed by atoms with Crippen LogP contribution in [0.4, 0.5) is 5.82 Å². The smallest absolute Gasteiger partial charge is 0.254 e. The highest BCUT2D eigenvalue weighted by molar-refractivity contribution is 6.03. The predicted molar refractivity (Wildman–Crippen MR) is 116 cm³/mol. The fourth-order valence-corrected chi connectivity index (χ4v) is 3.68. The molecule has 8 nitrogen and oxygen atoms in total. The van der Waals surface area contributed by atoms with Crippen molar-refractivity contribution in [3.8, 4) is 11.3 Å². The Labute approximate surface area is 180 Å². The largest absolute Gasteiger partial charge is 0.383 e. The Hall–Kier alpha value is -3.42. The molecule has 0 atom stereocenters. The van der Waals surface area contributed by atoms with E-state index in [-0.39, 0.29) is 41.5 Å². The summed E-state index contributed by atoms with van der Waals surface area (Å²) in [6.45, 7) is 6.00. The minimum absolute atomic E-state index is 0.0112. The fraction of sp³-hybridized carbons (Fsp3) is 0.391. The fourth-order valence-electron chi connectivity index (χ4n) is 3.68. The number of carbonyl (C=O) groups excluding carboxylic acids is 2. The topological polar surface area (TPSA) is 130 Å². The van der Waals surface area contributed by atoms with Gasteiger partial charge in [0.15, 0.2) is 0 Å². The zero-order chi connectivity index (χ0) is 22.3. The molecule has 0 spiro atoms. The molecule has 8 heteroatoms. The van der Waals surface area contributed by atoms with Crippen molar-refractivity contribution < 1.29 is 14.1 Å². The molecule has 1 saturated carbocycles. The number of anilines is 1. The first-order valence-electron chi connectivity index (χ1n) is 10.4. The number of benzene rings is 1. The summed E-state index contributed by atoms with van der Waals surface area (Å²) >= 11 is 0. The third-order valence-electron chi connectivity index (χ3n) is 5.86. The maximum absolute atomic E-state index is 12.5. The molecule has 4 N–H and O–H groups in total. The van der Waals surface area contributed by atoms with Gasteiger partial charge >= 0.3 is 0 Å². The van der Waals surface area contributed by atoms with E-state index >= 15 is 0 Å². The minimum Gasteiger partial charge on any atom is -0.383 e. The molecule has 0 aliphatic heterocycles. The molecule has 1 aliphatic rings. The quantitative estimate of drug-likeness (QED) is 0.574. The summed E-state index contributed by atoms with van der Waals surface area (Å²) in [6, 6.07) is 9.22. The Morgan fingerprint density at radius 2 is 1.87 bits per heavy atom. The van der Waals surface area contributed by atoms with Gasteiger partial charge in [-0.3, -0.25) is 9.59 Å². The van der Waals surface area contributed by atoms with Crippen molar-refractivity contribution in [2.75, 3.05) is 5.73 Å². The second-order valence-corrected chi connectivity index (χ2v) is 8.84. The number of primary amides is 1. The minimum atomic E-state index is -0.620. The Balaban J connectivity index is 1.47. The first-order chi connectivity index (χ1) is 14.7. The molecule has 2 aromatic heterocycles. The number of aromatic nitrogens is 3. The summed E-state index contributed by atoms with van der Waals surface area (Å²) < 4.78 is 6.93. The van der Waals surface area contributed by atoms with Gasteiger partial charge in [-0.25, -0.2) is 4.68 Å². The first kappa shape index (κ1) is 20.8. The van der Waals surface area contributed by atoms with Crippen LogP contribution < -0.4 is 11.5 Å². The van der Waals surface area contributed by atoms with Crippen molar-refractivity contribution in [3.05, 3.63) is 52.9 Å². The number of nitrogens with two attached hydrogens (primary N) is 2. The lowest BCUT2D eigenvalue weighted by molar-refractivity contribution is -0.118. The van der Waals surface area contributed by atoms with E-state index in [0.29, 0.717) is 17.0 Å². The molecule has 3 aromatic rings. The number of nitrogen functional groups attached to an aromatic ring is 1. The van der Waals surface area contributed by atoms with Gasteiger partial charge in [-0.15, -0.1) is 0 Å². The first-order valence-corrected chi connectivity index (χ1v) is 10.4. The number of ketones is 1. The standard InChI is InChI=1S/C23H27N5O3/c1-13(2)28-21(24)19(22(25)30)20(26-28)15-6-4-14(5-7-15)10-16(29)11-17-12-18(27-31-17)23(3)8-9-23/h4-7,12-13H,8-11,24H2,1-3H3,(H2,25,30). The molecule has 4 rings (SSSR count). The zero-order valence-corrected chi connectivity index (χ0v) is 18.0. The molecule has 1 amide bonds. The SMILES string of the molecule is CC(C)n1nc(-c2ccc(CC(=O)Cc3cc(C4(C)CC4)no3)cc2)c(C(N)=O)c1N. The van der Waals surface area contributed by atoms with E-state index in [4.69, 9.17) is 16.0 Å². The summed E-state index contributed by atoms with van der Waals surface area (Å²) in [5, 5.41) is 8.59. The van der Waals surface area contributed by atoms with Gasteiger partial charge in [0.25, 0.3) is 5.91 Å². The highest BCUT2D eigenvalue weighted by atomic mass is 16.5. The van der Waals surface area contributed by atoms with E-state index < -0.39 is 5.91 Å². The lowest BCUT2D eigenvalue weighted by Crippen LogP contribution is -2.15. The molecule has 1 aliphatic carbocycles. The molecule has 2 heterocycles. The van der Waals surface area contributed by atoms with Crippen LogP contribution in [0, 0.1) is 0 Å². The van der Waals surface area contributed by atoms with Crippen molar-refractivity contribution in [1.82, 2.24) is 14.9 Å². The van der Waals surface area contributed by atoms with Gasteiger partial charge in [-0.2, -0.15) is 5.10 Å². The van der Waals surface area contributed by atoms with Crippen molar-refractivity contribution in [1.29, 1.82) is 0 Å². The third kappa shape index (κ3) is 4.10. The number of carbonyl (C=O) groups is 2. The molecule has 1 aromatic carbocycles. The van der Waals surface area contributed by atoms with E-state index in [9.17, 15) is 9.59 Å². The molecule has 0 bridgehead atoms. The Morgan fingerprint density at radius 1 is 1.19 bits per heavy atom. The van der Waals surface area contributed by atoms with Gasteiger partial charge in [-0.1, -0.05) is 36.3 Å². The molecule has 162 valence electrons. The van der Waals surface area contributed by atoms with Crippen molar-refractivity contribution >= 4 is 17.5 Å². The molecule has 1 fully saturated rings. The van der Waals surface area contributed by atoms with Crippen LogP contribution in [0.5, 0.6) is 0 Å². The third-order valence-corrected chi connectivity index (χ3v) is 5.86. The van der Waals surface area contributed by atoms with Crippen molar-refractivity contribution in [3.63, 3.8) is 0 Å². The number of hydrogen-bond acceptors (Lipinski definition) is 6. The average molecular weight is 422 g/mol. The second-order valence-electron chi connectivity index (χ2n) is 8.84. The van der Waals surface area contributed by atoms with Gasteiger partial charge in [0.05, 0.1) is 12.1 Å². The monoisotopic (exact) mass is 421 g/mol. The summed E-state index contributed by atoms with van der Waals surface area (Å²) in [4.78, 5) is 24.4. The van der Waals surface area contributed by atoms with E-state index in [1.54, 1.807) is 4.68 Å². The lowest BCUT2D eigenvalue weighted by Gasteiger charge is -2.06. The predicted octanol–water partition coefficient (Wildman–Crippen LogP) is 3.21. The van der Waals surface area contributed by atoms with Crippen LogP contribution in [-0.2, 0) is 23.1 Å². The highest BCUT2D eigenvalue weighted by Crippen LogP contribution is 2.47. The van der Waals surface area contributed by atoms with Gasteiger partial charge in [-0.05, 0) is 32.3 Å². The Morgan fingerprint density at radius 3 is 2.45 bits per heavy atom. The van der Waals surface area contributed by atoms with E-state index in [1.165, 1.54) is 0 Å². The highest BCUT2D eigenvalue weighted by Gasteiger charge is 2.42. The number of Topliss-reactive ketones (excluding diaryl/α,β-unsaturated/α-hetero) is 1. The Bertz CT molecular complexity index is 1140. The number of amides is 1. The Kier molecular flexibility index (Phi) is 5.16. The number of nitrogens with zero attached hydrogens (tertiary/aromatic N) is 3. The zero-order valence-electron chi connectivity index (χ0n) is 18.0. The van der Waals surface area contributed by atoms with Crippen LogP contribution in [0.3, 0.4) is 0 Å². The van der Waals surface area contributed by atoms with E-state index in [2.05, 4.69) is 17.2 Å². The van der Waals surface area contributed by atoms with Crippen LogP contribution in [-0.4, -0.2) is 26.6 Å². The summed E-state index contributed by atoms with van der Waals surface area (Å²) in [7, 11) is 0. The molecular weight excluding hydrogens is 394 g/mol. The van der Waals surface area contributed by atoms with Gasteiger partial charge in [0.2, 0.25) is 0 Å². The van der Waals surface area contributed by atoms with Crippen LogP contribution in [0.2, 0.25) is 0 Å². The normalized spacial score (nSPS) is 14.7. The molecule has 0 saturated heterocycles. The van der Waals surface area contributed by atoms with Crippen LogP contribution in [0.25, 0.3) is 11.3 Å². The van der Waals surface area contributed by atoms with Gasteiger partial charge < -0.3 is 16.0 Å². The maximum Gasteiger partial charge on any atom is 0.254 e. The molecule has 31 heavy (non-hydrogen) atoms. The number of hydrogen-bond donors (Lipinski definition) is 2. The second kappa shape index (κ2) is 7.68. The molecular formula is C23H27N5O3. The van der Waals surface area contributed by atoms with Crippen molar-refractivity contribution in [2.24, 2.45) is 5.73 Å². The molecule has 0 radical (unpaired) electrons. The van der Waals surface area contributed by atoms with Crippen LogP contribution >= 0.6 is 0 Å². The van der Waals surface area contributed by atoms with Crippen LogP contribution in [0.1, 0.15) is 67.0 Å². The lowest BCUT2D eigenvalue weighted by atomic mass is 10.0. The van der Waals surface area contributed by atoms with Gasteiger partial charge in [0, 0.05) is 29.5 Å².